The van der Waals surface area contributed by atoms with Gasteiger partial charge in [-0.1, -0.05) is 6.07 Å². The smallest absolute Gasteiger partial charge is 0.337 e. The fourth-order valence-electron chi connectivity index (χ4n) is 2.69. The van der Waals surface area contributed by atoms with Gasteiger partial charge < -0.3 is 14.8 Å². The van der Waals surface area contributed by atoms with Crippen molar-refractivity contribution in [2.75, 3.05) is 7.11 Å². The van der Waals surface area contributed by atoms with E-state index in [1.807, 2.05) is 0 Å². The zero-order valence-corrected chi connectivity index (χ0v) is 16.2. The molecule has 0 spiro atoms. The van der Waals surface area contributed by atoms with E-state index in [0.29, 0.717) is 5.56 Å². The van der Waals surface area contributed by atoms with E-state index in [2.05, 4.69) is 15.0 Å². The van der Waals surface area contributed by atoms with Gasteiger partial charge in [-0.05, 0) is 60.5 Å². The fraction of sp³-hybridized carbons (Fsp3) is 0.136. The maximum absolute atomic E-state index is 13.7. The van der Waals surface area contributed by atoms with Gasteiger partial charge in [0.15, 0.2) is 0 Å². The van der Waals surface area contributed by atoms with Crippen LogP contribution in [0, 0.1) is 18.6 Å². The van der Waals surface area contributed by atoms with E-state index in [4.69, 9.17) is 4.74 Å². The second kappa shape index (κ2) is 9.13. The number of pyridine rings is 1. The number of nitrogens with one attached hydrogen (secondary N) is 1. The minimum absolute atomic E-state index is 0.108. The molecule has 0 aliphatic rings. The van der Waals surface area contributed by atoms with E-state index >= 15 is 0 Å². The van der Waals surface area contributed by atoms with Gasteiger partial charge in [-0.2, -0.15) is 0 Å². The molecule has 1 aromatic heterocycles. The normalized spacial score (nSPS) is 10.4. The second-order valence-electron chi connectivity index (χ2n) is 6.38. The zero-order valence-electron chi connectivity index (χ0n) is 16.2. The average Bonchev–Trinajstić information content (AvgIpc) is 2.74. The highest BCUT2D eigenvalue weighted by molar-refractivity contribution is 5.96. The molecule has 0 aliphatic carbocycles. The van der Waals surface area contributed by atoms with Crippen LogP contribution >= 0.6 is 0 Å². The third kappa shape index (κ3) is 4.96. The Bertz CT molecular complexity index is 1080. The summed E-state index contributed by atoms with van der Waals surface area (Å²) in [6.07, 6.45) is 0.922. The number of hydrogen-bond acceptors (Lipinski definition) is 5. The van der Waals surface area contributed by atoms with Crippen LogP contribution < -0.4 is 10.1 Å². The molecule has 0 bridgehead atoms. The largest absolute Gasteiger partial charge is 0.465 e. The number of ether oxygens (including phenoxy) is 2. The van der Waals surface area contributed by atoms with Gasteiger partial charge in [0, 0.05) is 6.54 Å². The number of carbonyl (C=O) groups is 2. The number of methoxy groups -OCH3 is 1. The van der Waals surface area contributed by atoms with Crippen LogP contribution in [0.5, 0.6) is 11.6 Å². The molecule has 154 valence electrons. The first-order chi connectivity index (χ1) is 14.4. The molecule has 30 heavy (non-hydrogen) atoms. The van der Waals surface area contributed by atoms with Crippen molar-refractivity contribution in [1.29, 1.82) is 0 Å². The minimum atomic E-state index is -0.704. The predicted octanol–water partition coefficient (Wildman–Crippen LogP) is 4.18. The van der Waals surface area contributed by atoms with Crippen LogP contribution in [0.25, 0.3) is 0 Å². The van der Waals surface area contributed by atoms with Gasteiger partial charge in [-0.3, -0.25) is 4.79 Å². The first kappa shape index (κ1) is 20.9. The summed E-state index contributed by atoms with van der Waals surface area (Å²) < 4.78 is 36.9. The van der Waals surface area contributed by atoms with Crippen LogP contribution in [-0.2, 0) is 11.3 Å². The topological polar surface area (TPSA) is 77.5 Å². The summed E-state index contributed by atoms with van der Waals surface area (Å²) in [5.74, 6) is -2.07. The van der Waals surface area contributed by atoms with Gasteiger partial charge in [-0.25, -0.2) is 18.6 Å². The highest BCUT2D eigenvalue weighted by atomic mass is 19.1. The van der Waals surface area contributed by atoms with Crippen LogP contribution in [0.1, 0.15) is 31.8 Å². The standard InChI is InChI=1S/C22H18F2N2O4/c1-13-9-14(22(28)29-2)3-4-15(13)11-25-20(27)19-10-17(24)12-26-21(19)30-18-7-5-16(23)6-8-18/h3-10,12H,11H2,1-2H3,(H,25,27). The monoisotopic (exact) mass is 412 g/mol. The quantitative estimate of drug-likeness (QED) is 0.615. The lowest BCUT2D eigenvalue weighted by Crippen LogP contribution is -2.24. The number of halogens is 2. The molecular weight excluding hydrogens is 394 g/mol. The van der Waals surface area contributed by atoms with Gasteiger partial charge in [0.2, 0.25) is 5.88 Å². The molecule has 0 saturated carbocycles. The number of benzene rings is 2. The van der Waals surface area contributed by atoms with E-state index < -0.39 is 23.5 Å². The van der Waals surface area contributed by atoms with Gasteiger partial charge in [0.25, 0.3) is 5.91 Å². The van der Waals surface area contributed by atoms with E-state index in [-0.39, 0.29) is 23.7 Å². The van der Waals surface area contributed by atoms with Gasteiger partial charge >= 0.3 is 5.97 Å². The maximum Gasteiger partial charge on any atom is 0.337 e. The molecule has 0 fully saturated rings. The summed E-state index contributed by atoms with van der Waals surface area (Å²) in [6, 6.07) is 11.1. The molecule has 0 unspecified atom stereocenters. The molecule has 0 atom stereocenters. The minimum Gasteiger partial charge on any atom is -0.465 e. The van der Waals surface area contributed by atoms with Crippen LogP contribution in [-0.4, -0.2) is 24.0 Å². The average molecular weight is 412 g/mol. The molecule has 3 rings (SSSR count). The molecule has 3 aromatic rings. The van der Waals surface area contributed by atoms with Gasteiger partial charge in [0.1, 0.15) is 22.9 Å². The zero-order chi connectivity index (χ0) is 21.7. The third-order valence-electron chi connectivity index (χ3n) is 4.29. The van der Waals surface area contributed by atoms with Crippen molar-refractivity contribution in [2.24, 2.45) is 0 Å². The van der Waals surface area contributed by atoms with E-state index in [0.717, 1.165) is 23.4 Å². The Hall–Kier alpha value is -3.81. The number of aryl methyl sites for hydroxylation is 1. The van der Waals surface area contributed by atoms with Crippen molar-refractivity contribution in [3.05, 3.63) is 88.6 Å². The molecule has 1 amide bonds. The van der Waals surface area contributed by atoms with Crippen molar-refractivity contribution in [3.63, 3.8) is 0 Å². The summed E-state index contributed by atoms with van der Waals surface area (Å²) in [7, 11) is 1.30. The van der Waals surface area contributed by atoms with E-state index in [1.165, 1.54) is 31.4 Å². The van der Waals surface area contributed by atoms with Crippen LogP contribution in [0.4, 0.5) is 8.78 Å². The molecule has 8 heteroatoms. The third-order valence-corrected chi connectivity index (χ3v) is 4.29. The number of amides is 1. The van der Waals surface area contributed by atoms with Crippen LogP contribution in [0.3, 0.4) is 0 Å². The van der Waals surface area contributed by atoms with Crippen molar-refractivity contribution < 1.29 is 27.8 Å². The molecule has 6 nitrogen and oxygen atoms in total. The number of carbonyl (C=O) groups excluding carboxylic acids is 2. The van der Waals surface area contributed by atoms with E-state index in [9.17, 15) is 18.4 Å². The van der Waals surface area contributed by atoms with Crippen molar-refractivity contribution in [3.8, 4) is 11.6 Å². The Labute approximate surface area is 171 Å². The predicted molar refractivity (Wildman–Crippen MR) is 104 cm³/mol. The van der Waals surface area contributed by atoms with Crippen LogP contribution in [0.2, 0.25) is 0 Å². The van der Waals surface area contributed by atoms with Crippen molar-refractivity contribution in [2.45, 2.75) is 13.5 Å². The highest BCUT2D eigenvalue weighted by Gasteiger charge is 2.17. The maximum atomic E-state index is 13.7. The van der Waals surface area contributed by atoms with E-state index in [1.54, 1.807) is 25.1 Å². The first-order valence-electron chi connectivity index (χ1n) is 8.92. The second-order valence-corrected chi connectivity index (χ2v) is 6.38. The number of nitrogens with zero attached hydrogens (tertiary/aromatic N) is 1. The number of hydrogen-bond donors (Lipinski definition) is 1. The summed E-state index contributed by atoms with van der Waals surface area (Å²) in [5.41, 5.74) is 1.83. The Morgan fingerprint density at radius 1 is 1.03 bits per heavy atom. The Kier molecular flexibility index (Phi) is 6.36. The molecule has 2 aromatic carbocycles. The first-order valence-corrected chi connectivity index (χ1v) is 8.92. The number of aromatic nitrogens is 1. The Morgan fingerprint density at radius 3 is 2.43 bits per heavy atom. The fourth-order valence-corrected chi connectivity index (χ4v) is 2.69. The molecule has 0 radical (unpaired) electrons. The summed E-state index contributed by atoms with van der Waals surface area (Å²) in [5, 5.41) is 2.68. The van der Waals surface area contributed by atoms with Crippen LogP contribution in [0.15, 0.2) is 54.7 Å². The summed E-state index contributed by atoms with van der Waals surface area (Å²) in [6.45, 7) is 1.93. The Balaban J connectivity index is 1.76. The molecule has 1 N–H and O–H groups in total. The van der Waals surface area contributed by atoms with Crippen molar-refractivity contribution in [1.82, 2.24) is 10.3 Å². The summed E-state index contributed by atoms with van der Waals surface area (Å²) in [4.78, 5) is 28.1. The highest BCUT2D eigenvalue weighted by Crippen LogP contribution is 2.24. The SMILES string of the molecule is COC(=O)c1ccc(CNC(=O)c2cc(F)cnc2Oc2ccc(F)cc2)c(C)c1. The molecule has 1 heterocycles. The molecule has 0 aliphatic heterocycles. The van der Waals surface area contributed by atoms with Crippen molar-refractivity contribution >= 4 is 11.9 Å². The lowest BCUT2D eigenvalue weighted by Gasteiger charge is -2.12. The lowest BCUT2D eigenvalue weighted by atomic mass is 10.0. The lowest BCUT2D eigenvalue weighted by molar-refractivity contribution is 0.0600. The number of esters is 1. The van der Waals surface area contributed by atoms with Gasteiger partial charge in [0.05, 0.1) is 18.9 Å². The Morgan fingerprint density at radius 2 is 1.77 bits per heavy atom. The van der Waals surface area contributed by atoms with Gasteiger partial charge in [-0.15, -0.1) is 0 Å². The molecular formula is C22H18F2N2O4. The summed E-state index contributed by atoms with van der Waals surface area (Å²) >= 11 is 0. The number of rotatable bonds is 6. The molecule has 0 saturated heterocycles.